The summed E-state index contributed by atoms with van der Waals surface area (Å²) in [5, 5.41) is 19.4. The molecule has 0 unspecified atom stereocenters. The second-order valence-electron chi connectivity index (χ2n) is 3.15. The van der Waals surface area contributed by atoms with E-state index in [-0.39, 0.29) is 17.1 Å². The number of hydrogen-bond donors (Lipinski definition) is 1. The van der Waals surface area contributed by atoms with Gasteiger partial charge in [-0.3, -0.25) is 10.1 Å². The molecule has 0 aliphatic rings. The van der Waals surface area contributed by atoms with Crippen molar-refractivity contribution >= 4 is 11.5 Å². The molecule has 0 aliphatic heterocycles. The van der Waals surface area contributed by atoms with Crippen molar-refractivity contribution in [3.8, 4) is 6.07 Å². The highest BCUT2D eigenvalue weighted by atomic mass is 16.6. The van der Waals surface area contributed by atoms with Crippen LogP contribution in [0.15, 0.2) is 12.3 Å². The zero-order chi connectivity index (χ0) is 12.1. The van der Waals surface area contributed by atoms with Gasteiger partial charge in [0.15, 0.2) is 0 Å². The van der Waals surface area contributed by atoms with E-state index in [1.54, 1.807) is 11.9 Å². The molecule has 84 valence electrons. The fourth-order valence-corrected chi connectivity index (χ4v) is 1.24. The van der Waals surface area contributed by atoms with Crippen LogP contribution in [0.2, 0.25) is 0 Å². The van der Waals surface area contributed by atoms with Crippen LogP contribution in [-0.2, 0) is 0 Å². The Hall–Kier alpha value is -2.20. The summed E-state index contributed by atoms with van der Waals surface area (Å²) in [6.45, 7) is 0.828. The highest BCUT2D eigenvalue weighted by Crippen LogP contribution is 2.24. The molecule has 0 bridgehead atoms. The highest BCUT2D eigenvalue weighted by Gasteiger charge is 2.19. The van der Waals surface area contributed by atoms with Gasteiger partial charge in [-0.15, -0.1) is 0 Å². The predicted octanol–water partition coefficient (Wildman–Crippen LogP) is 0.256. The number of likely N-dealkylation sites (N-methyl/N-ethyl adjacent to an activating group) is 1. The second kappa shape index (κ2) is 5.04. The largest absolute Gasteiger partial charge is 0.353 e. The van der Waals surface area contributed by atoms with E-state index in [9.17, 15) is 10.1 Å². The Kier molecular flexibility index (Phi) is 3.74. The van der Waals surface area contributed by atoms with Gasteiger partial charge in [0.25, 0.3) is 0 Å². The number of nitrogens with two attached hydrogens (primary N) is 1. The molecular formula is C9H11N5O2. The monoisotopic (exact) mass is 221 g/mol. The van der Waals surface area contributed by atoms with Gasteiger partial charge in [-0.25, -0.2) is 4.98 Å². The molecule has 0 aromatic carbocycles. The molecule has 1 aromatic heterocycles. The van der Waals surface area contributed by atoms with Crippen molar-refractivity contribution in [2.45, 2.75) is 0 Å². The maximum absolute atomic E-state index is 10.8. The quantitative estimate of drug-likeness (QED) is 0.576. The molecule has 0 radical (unpaired) electrons. The predicted molar refractivity (Wildman–Crippen MR) is 57.9 cm³/mol. The first-order chi connectivity index (χ1) is 7.60. The number of nitro groups is 1. The number of aromatic nitrogens is 1. The third kappa shape index (κ3) is 2.43. The Bertz CT molecular complexity index is 440. The van der Waals surface area contributed by atoms with Crippen molar-refractivity contribution in [2.75, 3.05) is 25.0 Å². The van der Waals surface area contributed by atoms with E-state index in [0.29, 0.717) is 13.1 Å². The lowest BCUT2D eigenvalue weighted by molar-refractivity contribution is -0.384. The first-order valence-electron chi connectivity index (χ1n) is 4.56. The maximum atomic E-state index is 10.8. The van der Waals surface area contributed by atoms with Gasteiger partial charge in [-0.2, -0.15) is 5.26 Å². The van der Waals surface area contributed by atoms with Crippen molar-refractivity contribution in [1.29, 1.82) is 5.26 Å². The highest BCUT2D eigenvalue weighted by molar-refractivity contribution is 5.59. The zero-order valence-corrected chi connectivity index (χ0v) is 8.75. The van der Waals surface area contributed by atoms with Crippen LogP contribution in [0.4, 0.5) is 11.5 Å². The van der Waals surface area contributed by atoms with E-state index >= 15 is 0 Å². The molecule has 0 saturated carbocycles. The molecule has 0 atom stereocenters. The van der Waals surface area contributed by atoms with Gasteiger partial charge in [-0.05, 0) is 0 Å². The lowest BCUT2D eigenvalue weighted by atomic mass is 10.2. The second-order valence-corrected chi connectivity index (χ2v) is 3.15. The van der Waals surface area contributed by atoms with Crippen molar-refractivity contribution in [3.05, 3.63) is 27.9 Å². The molecule has 0 aliphatic carbocycles. The van der Waals surface area contributed by atoms with Gasteiger partial charge in [0.05, 0.1) is 10.5 Å². The molecule has 1 heterocycles. The molecule has 0 spiro atoms. The zero-order valence-electron chi connectivity index (χ0n) is 8.75. The van der Waals surface area contributed by atoms with Gasteiger partial charge < -0.3 is 10.6 Å². The number of anilines is 1. The molecule has 2 N–H and O–H groups in total. The van der Waals surface area contributed by atoms with Gasteiger partial charge in [-0.1, -0.05) is 0 Å². The Balaban J connectivity index is 3.18. The van der Waals surface area contributed by atoms with Crippen LogP contribution >= 0.6 is 0 Å². The number of rotatable bonds is 4. The van der Waals surface area contributed by atoms with Crippen LogP contribution in [0.25, 0.3) is 0 Å². The Labute approximate surface area is 92.3 Å². The average molecular weight is 221 g/mol. The summed E-state index contributed by atoms with van der Waals surface area (Å²) in [7, 11) is 1.66. The first kappa shape index (κ1) is 11.9. The minimum Gasteiger partial charge on any atom is -0.353 e. The minimum absolute atomic E-state index is 0.164. The molecule has 0 saturated heterocycles. The number of nitrogens with zero attached hydrogens (tertiary/aromatic N) is 4. The number of pyridine rings is 1. The molecule has 16 heavy (non-hydrogen) atoms. The summed E-state index contributed by atoms with van der Waals surface area (Å²) in [6.07, 6.45) is 1.30. The first-order valence-corrected chi connectivity index (χ1v) is 4.56. The summed E-state index contributed by atoms with van der Waals surface area (Å²) in [6, 6.07) is 3.01. The minimum atomic E-state index is -0.559. The van der Waals surface area contributed by atoms with Gasteiger partial charge in [0.1, 0.15) is 6.07 Å². The summed E-state index contributed by atoms with van der Waals surface area (Å²) in [4.78, 5) is 15.7. The van der Waals surface area contributed by atoms with Gasteiger partial charge >= 0.3 is 5.69 Å². The third-order valence-electron chi connectivity index (χ3n) is 2.00. The van der Waals surface area contributed by atoms with E-state index in [1.165, 1.54) is 12.3 Å². The lowest BCUT2D eigenvalue weighted by Crippen LogP contribution is -2.26. The van der Waals surface area contributed by atoms with Gasteiger partial charge in [0.2, 0.25) is 5.82 Å². The molecule has 1 rings (SSSR count). The van der Waals surface area contributed by atoms with Gasteiger partial charge in [0, 0.05) is 32.4 Å². The summed E-state index contributed by atoms with van der Waals surface area (Å²) >= 11 is 0. The summed E-state index contributed by atoms with van der Waals surface area (Å²) < 4.78 is 0. The van der Waals surface area contributed by atoms with Crippen LogP contribution in [0, 0.1) is 21.4 Å². The fourth-order valence-electron chi connectivity index (χ4n) is 1.24. The molecule has 7 nitrogen and oxygen atoms in total. The van der Waals surface area contributed by atoms with Crippen LogP contribution < -0.4 is 10.6 Å². The molecule has 1 aromatic rings. The standard InChI is InChI=1S/C9H11N5O2/c1-13(3-2-10)9-8(14(15)16)4-7(5-11)6-12-9/h4,6H,2-3,10H2,1H3. The van der Waals surface area contributed by atoms with Crippen LogP contribution in [-0.4, -0.2) is 30.0 Å². The lowest BCUT2D eigenvalue weighted by Gasteiger charge is -2.16. The van der Waals surface area contributed by atoms with Crippen molar-refractivity contribution in [3.63, 3.8) is 0 Å². The van der Waals surface area contributed by atoms with E-state index in [1.807, 2.05) is 6.07 Å². The van der Waals surface area contributed by atoms with Crippen LogP contribution in [0.3, 0.4) is 0 Å². The molecule has 7 heteroatoms. The molecular weight excluding hydrogens is 210 g/mol. The Morgan fingerprint density at radius 3 is 2.94 bits per heavy atom. The molecule has 0 fully saturated rings. The summed E-state index contributed by atoms with van der Waals surface area (Å²) in [5.41, 5.74) is 5.34. The SMILES string of the molecule is CN(CCN)c1ncc(C#N)cc1[N+](=O)[O-]. The number of hydrogen-bond acceptors (Lipinski definition) is 6. The third-order valence-corrected chi connectivity index (χ3v) is 2.00. The van der Waals surface area contributed by atoms with Crippen molar-refractivity contribution < 1.29 is 4.92 Å². The van der Waals surface area contributed by atoms with Crippen LogP contribution in [0.5, 0.6) is 0 Å². The smallest absolute Gasteiger partial charge is 0.312 e. The maximum Gasteiger partial charge on any atom is 0.312 e. The fraction of sp³-hybridized carbons (Fsp3) is 0.333. The van der Waals surface area contributed by atoms with E-state index in [2.05, 4.69) is 4.98 Å². The Morgan fingerprint density at radius 1 is 1.75 bits per heavy atom. The van der Waals surface area contributed by atoms with Crippen molar-refractivity contribution in [1.82, 2.24) is 4.98 Å². The Morgan fingerprint density at radius 2 is 2.44 bits per heavy atom. The number of nitriles is 1. The van der Waals surface area contributed by atoms with E-state index < -0.39 is 4.92 Å². The normalized spacial score (nSPS) is 9.56. The topological polar surface area (TPSA) is 109 Å². The summed E-state index contributed by atoms with van der Waals surface area (Å²) in [5.74, 6) is 0.217. The molecule has 0 amide bonds. The average Bonchev–Trinajstić information content (AvgIpc) is 2.28. The van der Waals surface area contributed by atoms with Crippen molar-refractivity contribution in [2.24, 2.45) is 5.73 Å². The van der Waals surface area contributed by atoms with Crippen LogP contribution in [0.1, 0.15) is 5.56 Å². The van der Waals surface area contributed by atoms with E-state index in [4.69, 9.17) is 11.0 Å². The van der Waals surface area contributed by atoms with E-state index in [0.717, 1.165) is 0 Å².